The predicted octanol–water partition coefficient (Wildman–Crippen LogP) is 3.33. The number of carbonyl (C=O) groups is 1. The van der Waals surface area contributed by atoms with Crippen LogP contribution < -0.4 is 15.8 Å². The molecule has 138 valence electrons. The van der Waals surface area contributed by atoms with Crippen LogP contribution in [-0.2, 0) is 0 Å². The van der Waals surface area contributed by atoms with E-state index in [1.54, 1.807) is 24.4 Å². The van der Waals surface area contributed by atoms with E-state index in [0.717, 1.165) is 13.1 Å². The zero-order chi connectivity index (χ0) is 18.6. The van der Waals surface area contributed by atoms with Crippen molar-refractivity contribution >= 4 is 22.9 Å². The van der Waals surface area contributed by atoms with Gasteiger partial charge in [0.05, 0.1) is 0 Å². The van der Waals surface area contributed by atoms with Crippen molar-refractivity contribution in [2.45, 2.75) is 25.7 Å². The van der Waals surface area contributed by atoms with Gasteiger partial charge in [0, 0.05) is 36.9 Å². The Bertz CT molecular complexity index is 1000. The Balaban J connectivity index is 1.51. The van der Waals surface area contributed by atoms with Crippen LogP contribution in [-0.4, -0.2) is 28.4 Å². The number of aromatic nitrogens is 2. The van der Waals surface area contributed by atoms with Crippen LogP contribution in [0.2, 0.25) is 0 Å². The molecular weight excluding hydrogens is 340 g/mol. The van der Waals surface area contributed by atoms with Crippen molar-refractivity contribution in [3.05, 3.63) is 70.8 Å². The Morgan fingerprint density at radius 1 is 0.963 bits per heavy atom. The van der Waals surface area contributed by atoms with Crippen LogP contribution in [0.3, 0.4) is 0 Å². The summed E-state index contributed by atoms with van der Waals surface area (Å²) in [6.07, 6.45) is 7.96. The van der Waals surface area contributed by atoms with Crippen molar-refractivity contribution < 1.29 is 4.79 Å². The second-order valence-corrected chi connectivity index (χ2v) is 6.81. The van der Waals surface area contributed by atoms with Gasteiger partial charge in [-0.1, -0.05) is 18.9 Å². The van der Waals surface area contributed by atoms with Crippen molar-refractivity contribution in [2.24, 2.45) is 0 Å². The molecule has 0 atom stereocenters. The molecule has 1 aliphatic rings. The van der Waals surface area contributed by atoms with E-state index >= 15 is 0 Å². The number of hydrogen-bond acceptors (Lipinski definition) is 4. The molecule has 4 rings (SSSR count). The fourth-order valence-electron chi connectivity index (χ4n) is 3.47. The smallest absolute Gasteiger partial charge is 0.270 e. The molecule has 0 unspecified atom stereocenters. The monoisotopic (exact) mass is 362 g/mol. The number of nitrogens with zero attached hydrogens (tertiary/aromatic N) is 3. The lowest BCUT2D eigenvalue weighted by atomic mass is 10.2. The van der Waals surface area contributed by atoms with Gasteiger partial charge in [-0.05, 0) is 49.2 Å². The van der Waals surface area contributed by atoms with Crippen LogP contribution >= 0.6 is 0 Å². The van der Waals surface area contributed by atoms with Crippen molar-refractivity contribution in [1.29, 1.82) is 0 Å². The minimum atomic E-state index is -0.451. The van der Waals surface area contributed by atoms with E-state index in [1.165, 1.54) is 42.0 Å². The Labute approximate surface area is 157 Å². The highest BCUT2D eigenvalue weighted by Gasteiger charge is 2.14. The van der Waals surface area contributed by atoms with Gasteiger partial charge in [0.2, 0.25) is 0 Å². The van der Waals surface area contributed by atoms with Gasteiger partial charge in [-0.15, -0.1) is 0 Å². The van der Waals surface area contributed by atoms with Gasteiger partial charge in [0.15, 0.2) is 0 Å². The molecule has 6 heteroatoms. The van der Waals surface area contributed by atoms with Crippen molar-refractivity contribution in [1.82, 2.24) is 9.38 Å². The number of amides is 1. The molecule has 1 amide bonds. The number of anilines is 2. The van der Waals surface area contributed by atoms with Crippen LogP contribution in [0.15, 0.2) is 59.7 Å². The van der Waals surface area contributed by atoms with Crippen LogP contribution in [0.4, 0.5) is 11.4 Å². The molecule has 0 bridgehead atoms. The Morgan fingerprint density at radius 2 is 1.70 bits per heavy atom. The van der Waals surface area contributed by atoms with Crippen LogP contribution in [0.25, 0.3) is 5.65 Å². The quantitative estimate of drug-likeness (QED) is 0.776. The Kier molecular flexibility index (Phi) is 4.87. The zero-order valence-electron chi connectivity index (χ0n) is 15.1. The first-order chi connectivity index (χ1) is 13.2. The molecule has 1 aliphatic heterocycles. The normalized spacial score (nSPS) is 14.7. The molecule has 6 nitrogen and oxygen atoms in total. The summed E-state index contributed by atoms with van der Waals surface area (Å²) in [5.41, 5.74) is 1.99. The molecule has 1 saturated heterocycles. The first-order valence-corrected chi connectivity index (χ1v) is 9.35. The van der Waals surface area contributed by atoms with Crippen LogP contribution in [0.1, 0.15) is 36.0 Å². The first-order valence-electron chi connectivity index (χ1n) is 9.35. The molecule has 27 heavy (non-hydrogen) atoms. The highest BCUT2D eigenvalue weighted by atomic mass is 16.2. The Morgan fingerprint density at radius 3 is 2.44 bits per heavy atom. The van der Waals surface area contributed by atoms with Crippen LogP contribution in [0, 0.1) is 0 Å². The largest absolute Gasteiger partial charge is 0.372 e. The Hall–Kier alpha value is -3.15. The van der Waals surface area contributed by atoms with E-state index in [2.05, 4.69) is 15.2 Å². The van der Waals surface area contributed by atoms with Gasteiger partial charge in [0.25, 0.3) is 11.5 Å². The second-order valence-electron chi connectivity index (χ2n) is 6.81. The lowest BCUT2D eigenvalue weighted by molar-refractivity contribution is 0.102. The third kappa shape index (κ3) is 3.69. The topological polar surface area (TPSA) is 66.7 Å². The molecule has 0 radical (unpaired) electrons. The van der Waals surface area contributed by atoms with Gasteiger partial charge < -0.3 is 10.2 Å². The highest BCUT2D eigenvalue weighted by molar-refractivity contribution is 6.04. The lowest BCUT2D eigenvalue weighted by Crippen LogP contribution is -2.26. The average Bonchev–Trinajstić information content (AvgIpc) is 2.98. The molecule has 2 aromatic heterocycles. The standard InChI is InChI=1S/C21H22N4O2/c26-20(18-15-22-19-7-3-6-14-25(19)21(18)27)23-16-8-10-17(11-9-16)24-12-4-1-2-5-13-24/h3,6-11,14-15H,1-2,4-5,12-13H2,(H,23,26). The predicted molar refractivity (Wildman–Crippen MR) is 107 cm³/mol. The summed E-state index contributed by atoms with van der Waals surface area (Å²) in [4.78, 5) is 31.6. The number of pyridine rings is 1. The van der Waals surface area contributed by atoms with E-state index < -0.39 is 5.91 Å². The zero-order valence-corrected chi connectivity index (χ0v) is 15.1. The van der Waals surface area contributed by atoms with Crippen molar-refractivity contribution in [2.75, 3.05) is 23.3 Å². The van der Waals surface area contributed by atoms with E-state index in [4.69, 9.17) is 0 Å². The second kappa shape index (κ2) is 7.61. The molecule has 3 heterocycles. The number of rotatable bonds is 3. The van der Waals surface area contributed by atoms with Crippen LogP contribution in [0.5, 0.6) is 0 Å². The molecule has 1 aromatic carbocycles. The number of nitrogens with one attached hydrogen (secondary N) is 1. The fourth-order valence-corrected chi connectivity index (χ4v) is 3.47. The fraction of sp³-hybridized carbons (Fsp3) is 0.286. The molecule has 3 aromatic rings. The third-order valence-corrected chi connectivity index (χ3v) is 4.95. The summed E-state index contributed by atoms with van der Waals surface area (Å²) in [5, 5.41) is 2.80. The summed E-state index contributed by atoms with van der Waals surface area (Å²) < 4.78 is 1.37. The number of hydrogen-bond donors (Lipinski definition) is 1. The molecule has 1 N–H and O–H groups in total. The highest BCUT2D eigenvalue weighted by Crippen LogP contribution is 2.21. The molecule has 1 fully saturated rings. The van der Waals surface area contributed by atoms with E-state index in [-0.39, 0.29) is 11.1 Å². The first kappa shape index (κ1) is 17.3. The molecular formula is C21H22N4O2. The average molecular weight is 362 g/mol. The third-order valence-electron chi connectivity index (χ3n) is 4.95. The number of fused-ring (bicyclic) bond motifs is 1. The number of carbonyl (C=O) groups excluding carboxylic acids is 1. The van der Waals surface area contributed by atoms with Gasteiger partial charge in [-0.3, -0.25) is 14.0 Å². The van der Waals surface area contributed by atoms with Crippen molar-refractivity contribution in [3.63, 3.8) is 0 Å². The molecule has 0 aliphatic carbocycles. The maximum absolute atomic E-state index is 12.5. The molecule has 0 spiro atoms. The minimum absolute atomic E-state index is 0.0234. The van der Waals surface area contributed by atoms with E-state index in [0.29, 0.717) is 11.3 Å². The summed E-state index contributed by atoms with van der Waals surface area (Å²) >= 11 is 0. The van der Waals surface area contributed by atoms with Gasteiger partial charge in [-0.25, -0.2) is 4.98 Å². The minimum Gasteiger partial charge on any atom is -0.372 e. The van der Waals surface area contributed by atoms with Gasteiger partial charge in [-0.2, -0.15) is 0 Å². The van der Waals surface area contributed by atoms with E-state index in [9.17, 15) is 9.59 Å². The molecule has 0 saturated carbocycles. The maximum atomic E-state index is 12.5. The number of benzene rings is 1. The van der Waals surface area contributed by atoms with E-state index in [1.807, 2.05) is 24.3 Å². The summed E-state index contributed by atoms with van der Waals surface area (Å²) in [6, 6.07) is 13.1. The SMILES string of the molecule is O=C(Nc1ccc(N2CCCCCC2)cc1)c1cnc2ccccn2c1=O. The maximum Gasteiger partial charge on any atom is 0.270 e. The van der Waals surface area contributed by atoms with Gasteiger partial charge >= 0.3 is 0 Å². The summed E-state index contributed by atoms with van der Waals surface area (Å²) in [7, 11) is 0. The summed E-state index contributed by atoms with van der Waals surface area (Å²) in [5.74, 6) is -0.451. The summed E-state index contributed by atoms with van der Waals surface area (Å²) in [6.45, 7) is 2.15. The lowest BCUT2D eigenvalue weighted by Gasteiger charge is -2.22. The van der Waals surface area contributed by atoms with Gasteiger partial charge in [0.1, 0.15) is 11.2 Å². The van der Waals surface area contributed by atoms with Crippen molar-refractivity contribution in [3.8, 4) is 0 Å².